The van der Waals surface area contributed by atoms with E-state index in [0.29, 0.717) is 44.8 Å². The Balaban J connectivity index is 2.23. The van der Waals surface area contributed by atoms with Gasteiger partial charge in [-0.25, -0.2) is 0 Å². The molecule has 0 saturated carbocycles. The molecule has 0 unspecified atom stereocenters. The minimum Gasteiger partial charge on any atom is -0.380 e. The number of nitrogens with zero attached hydrogens (tertiary/aromatic N) is 2. The Morgan fingerprint density at radius 3 is 2.50 bits per heavy atom. The average Bonchev–Trinajstić information content (AvgIpc) is 2.98. The van der Waals surface area contributed by atoms with Gasteiger partial charge in [-0.2, -0.15) is 8.42 Å². The first-order valence-electron chi connectivity index (χ1n) is 7.85. The van der Waals surface area contributed by atoms with E-state index in [-0.39, 0.29) is 4.90 Å². The number of hydrogen-bond donors (Lipinski definition) is 0. The summed E-state index contributed by atoms with van der Waals surface area (Å²) in [5.41, 5.74) is 0.658. The molecule has 0 spiro atoms. The number of hydrogen-bond acceptors (Lipinski definition) is 4. The zero-order valence-electron chi connectivity index (χ0n) is 13.9. The second-order valence-electron chi connectivity index (χ2n) is 5.32. The van der Waals surface area contributed by atoms with Gasteiger partial charge in [-0.3, -0.25) is 0 Å². The summed E-state index contributed by atoms with van der Waals surface area (Å²) in [4.78, 5) is 0.435. The van der Waals surface area contributed by atoms with E-state index in [4.69, 9.17) is 27.9 Å². The number of ether oxygens (including phenoxy) is 1. The van der Waals surface area contributed by atoms with Crippen LogP contribution in [-0.4, -0.2) is 26.2 Å². The number of benzene rings is 2. The van der Waals surface area contributed by atoms with Crippen molar-refractivity contribution in [2.75, 3.05) is 13.2 Å². The van der Waals surface area contributed by atoms with E-state index in [1.165, 1.54) is 23.5 Å². The van der Waals surface area contributed by atoms with Gasteiger partial charge in [0.15, 0.2) is 0 Å². The highest BCUT2D eigenvalue weighted by molar-refractivity contribution is 7.90. The lowest BCUT2D eigenvalue weighted by Crippen LogP contribution is -2.20. The van der Waals surface area contributed by atoms with Crippen LogP contribution in [0, 0.1) is 0 Å². The first-order valence-corrected chi connectivity index (χ1v) is 10.9. The molecule has 0 bridgehead atoms. The Labute approximate surface area is 165 Å². The molecule has 1 heterocycles. The van der Waals surface area contributed by atoms with Crippen molar-refractivity contribution in [3.63, 3.8) is 0 Å². The lowest BCUT2D eigenvalue weighted by molar-refractivity contribution is 0.139. The van der Waals surface area contributed by atoms with Crippen molar-refractivity contribution in [2.45, 2.75) is 18.4 Å². The molecular formula is C17H16Cl2N2O3S2. The van der Waals surface area contributed by atoms with Gasteiger partial charge in [-0.1, -0.05) is 52.7 Å². The number of halogens is 2. The van der Waals surface area contributed by atoms with Crippen LogP contribution in [0.5, 0.6) is 0 Å². The second kappa shape index (κ2) is 8.10. The van der Waals surface area contributed by atoms with E-state index in [2.05, 4.69) is 4.40 Å². The van der Waals surface area contributed by atoms with Gasteiger partial charge in [0.05, 0.1) is 31.8 Å². The van der Waals surface area contributed by atoms with Gasteiger partial charge in [0.2, 0.25) is 4.80 Å². The van der Waals surface area contributed by atoms with Gasteiger partial charge in [-0.15, -0.1) is 4.40 Å². The van der Waals surface area contributed by atoms with Crippen LogP contribution in [0.25, 0.3) is 10.2 Å². The number of sulfonamides is 1. The van der Waals surface area contributed by atoms with Crippen LogP contribution in [0.1, 0.15) is 6.92 Å². The Bertz CT molecular complexity index is 1090. The quantitative estimate of drug-likeness (QED) is 0.546. The first-order chi connectivity index (χ1) is 12.4. The fourth-order valence-corrected chi connectivity index (χ4v) is 5.33. The SMILES string of the molecule is CCOCCn1/c(=N/S(=O)(=O)c2ccccc2)sc2c(Cl)ccc(Cl)c21. The van der Waals surface area contributed by atoms with Gasteiger partial charge in [-0.05, 0) is 31.2 Å². The third-order valence-corrected chi connectivity index (χ3v) is 6.87. The summed E-state index contributed by atoms with van der Waals surface area (Å²) in [7, 11) is -3.85. The summed E-state index contributed by atoms with van der Waals surface area (Å²) in [6.07, 6.45) is 0. The molecule has 3 aromatic rings. The molecule has 5 nitrogen and oxygen atoms in total. The van der Waals surface area contributed by atoms with Gasteiger partial charge >= 0.3 is 0 Å². The van der Waals surface area contributed by atoms with Crippen molar-refractivity contribution in [2.24, 2.45) is 4.40 Å². The van der Waals surface area contributed by atoms with E-state index in [1.54, 1.807) is 34.9 Å². The molecule has 3 rings (SSSR count). The maximum Gasteiger partial charge on any atom is 0.285 e. The Morgan fingerprint density at radius 1 is 1.12 bits per heavy atom. The van der Waals surface area contributed by atoms with Crippen molar-refractivity contribution < 1.29 is 13.2 Å². The van der Waals surface area contributed by atoms with Crippen molar-refractivity contribution in [1.82, 2.24) is 4.57 Å². The lowest BCUT2D eigenvalue weighted by atomic mass is 10.3. The fraction of sp³-hybridized carbons (Fsp3) is 0.235. The van der Waals surface area contributed by atoms with E-state index in [9.17, 15) is 8.42 Å². The summed E-state index contributed by atoms with van der Waals surface area (Å²) in [6, 6.07) is 11.5. The topological polar surface area (TPSA) is 60.7 Å². The van der Waals surface area contributed by atoms with Crippen LogP contribution in [0.3, 0.4) is 0 Å². The number of rotatable bonds is 6. The van der Waals surface area contributed by atoms with Crippen LogP contribution < -0.4 is 4.80 Å². The molecule has 0 saturated heterocycles. The molecule has 26 heavy (non-hydrogen) atoms. The summed E-state index contributed by atoms with van der Waals surface area (Å²) >= 11 is 13.8. The summed E-state index contributed by atoms with van der Waals surface area (Å²) in [6.45, 7) is 3.28. The molecule has 1 aromatic heterocycles. The molecule has 0 aliphatic heterocycles. The largest absolute Gasteiger partial charge is 0.380 e. The molecule has 138 valence electrons. The zero-order valence-corrected chi connectivity index (χ0v) is 17.0. The Kier molecular flexibility index (Phi) is 6.04. The Hall–Kier alpha value is -1.38. The van der Waals surface area contributed by atoms with Crippen LogP contribution in [0.4, 0.5) is 0 Å². The average molecular weight is 431 g/mol. The molecular weight excluding hydrogens is 415 g/mol. The third kappa shape index (κ3) is 3.97. The predicted molar refractivity (Wildman–Crippen MR) is 106 cm³/mol. The van der Waals surface area contributed by atoms with E-state index >= 15 is 0 Å². The van der Waals surface area contributed by atoms with Crippen molar-refractivity contribution >= 4 is 54.8 Å². The second-order valence-corrected chi connectivity index (χ2v) is 8.72. The van der Waals surface area contributed by atoms with Crippen molar-refractivity contribution in [1.29, 1.82) is 0 Å². The monoisotopic (exact) mass is 430 g/mol. The van der Waals surface area contributed by atoms with Crippen LogP contribution in [0.15, 0.2) is 51.8 Å². The maximum atomic E-state index is 12.7. The summed E-state index contributed by atoms with van der Waals surface area (Å²) in [5.74, 6) is 0. The summed E-state index contributed by atoms with van der Waals surface area (Å²) in [5, 5.41) is 0.980. The maximum absolute atomic E-state index is 12.7. The highest BCUT2D eigenvalue weighted by Crippen LogP contribution is 2.32. The van der Waals surface area contributed by atoms with Gasteiger partial charge in [0.1, 0.15) is 0 Å². The van der Waals surface area contributed by atoms with Crippen LogP contribution >= 0.6 is 34.5 Å². The molecule has 0 radical (unpaired) electrons. The zero-order chi connectivity index (χ0) is 18.7. The molecule has 2 aromatic carbocycles. The highest BCUT2D eigenvalue weighted by atomic mass is 35.5. The minimum absolute atomic E-state index is 0.131. The van der Waals surface area contributed by atoms with Crippen molar-refractivity contribution in [3.05, 3.63) is 57.3 Å². The predicted octanol–water partition coefficient (Wildman–Crippen LogP) is 4.34. The first kappa shape index (κ1) is 19.4. The number of fused-ring (bicyclic) bond motifs is 1. The molecule has 0 atom stereocenters. The van der Waals surface area contributed by atoms with Crippen LogP contribution in [0.2, 0.25) is 10.0 Å². The van der Waals surface area contributed by atoms with Gasteiger partial charge in [0, 0.05) is 13.2 Å². The van der Waals surface area contributed by atoms with E-state index < -0.39 is 10.0 Å². The van der Waals surface area contributed by atoms with E-state index in [0.717, 1.165) is 0 Å². The van der Waals surface area contributed by atoms with Crippen molar-refractivity contribution in [3.8, 4) is 0 Å². The normalized spacial score (nSPS) is 12.8. The highest BCUT2D eigenvalue weighted by Gasteiger charge is 2.17. The summed E-state index contributed by atoms with van der Waals surface area (Å²) < 4.78 is 37.2. The van der Waals surface area contributed by atoms with E-state index in [1.807, 2.05) is 6.92 Å². The molecule has 0 amide bonds. The molecule has 0 aliphatic rings. The number of thiazole rings is 1. The Morgan fingerprint density at radius 2 is 1.81 bits per heavy atom. The smallest absolute Gasteiger partial charge is 0.285 e. The molecule has 0 N–H and O–H groups in total. The van der Waals surface area contributed by atoms with Gasteiger partial charge < -0.3 is 9.30 Å². The molecule has 9 heteroatoms. The minimum atomic E-state index is -3.85. The fourth-order valence-electron chi connectivity index (χ4n) is 2.44. The number of aromatic nitrogens is 1. The molecule has 0 fully saturated rings. The van der Waals surface area contributed by atoms with Gasteiger partial charge in [0.25, 0.3) is 10.0 Å². The standard InChI is InChI=1S/C17H16Cl2N2O3S2/c1-2-24-11-10-21-15-13(18)8-9-14(19)16(15)25-17(21)20-26(22,23)12-6-4-3-5-7-12/h3-9H,2,10-11H2,1H3/b20-17-. The third-order valence-electron chi connectivity index (χ3n) is 3.63. The lowest BCUT2D eigenvalue weighted by Gasteiger charge is -2.07. The van der Waals surface area contributed by atoms with Crippen LogP contribution in [-0.2, 0) is 21.3 Å². The molecule has 0 aliphatic carbocycles.